The zero-order valence-electron chi connectivity index (χ0n) is 14.7. The molecule has 0 spiro atoms. The maximum Gasteiger partial charge on any atom is 0.328 e. The van der Waals surface area contributed by atoms with E-state index in [0.717, 1.165) is 4.68 Å². The summed E-state index contributed by atoms with van der Waals surface area (Å²) in [6.07, 6.45) is 0. The van der Waals surface area contributed by atoms with Crippen LogP contribution in [0.5, 0.6) is 0 Å². The number of ether oxygens (including phenoxy) is 1. The molecule has 0 saturated heterocycles. The monoisotopic (exact) mass is 377 g/mol. The molecule has 1 atom stereocenters. The van der Waals surface area contributed by atoms with Gasteiger partial charge in [0.05, 0.1) is 17.8 Å². The van der Waals surface area contributed by atoms with Crippen molar-refractivity contribution in [3.8, 4) is 11.3 Å². The molecule has 0 aliphatic carbocycles. The summed E-state index contributed by atoms with van der Waals surface area (Å²) in [6.45, 7) is 3.24. The van der Waals surface area contributed by atoms with Crippen LogP contribution in [-0.4, -0.2) is 34.8 Å². The number of carbonyl (C=O) groups is 2. The molecule has 0 saturated carbocycles. The molecule has 1 amide bonds. The number of esters is 1. The van der Waals surface area contributed by atoms with Gasteiger partial charge in [0.15, 0.2) is 0 Å². The summed E-state index contributed by atoms with van der Waals surface area (Å²) >= 11 is 6.15. The number of benzene rings is 1. The maximum atomic E-state index is 12.3. The van der Waals surface area contributed by atoms with Crippen molar-refractivity contribution < 1.29 is 14.3 Å². The molecule has 1 aromatic heterocycles. The van der Waals surface area contributed by atoms with Gasteiger partial charge in [0.2, 0.25) is 5.91 Å². The SMILES string of the molecule is COC(=O)C(NC(=O)Cn1nc(-c2ccccc2Cl)ccc1=O)C(C)C. The highest BCUT2D eigenvalue weighted by Crippen LogP contribution is 2.24. The van der Waals surface area contributed by atoms with Crippen molar-refractivity contribution in [2.24, 2.45) is 5.92 Å². The normalized spacial score (nSPS) is 11.9. The Balaban J connectivity index is 2.23. The minimum absolute atomic E-state index is 0.162. The first-order valence-corrected chi connectivity index (χ1v) is 8.41. The molecule has 1 unspecified atom stereocenters. The van der Waals surface area contributed by atoms with Gasteiger partial charge >= 0.3 is 5.97 Å². The molecule has 0 aliphatic heterocycles. The van der Waals surface area contributed by atoms with Crippen LogP contribution in [0.4, 0.5) is 0 Å². The smallest absolute Gasteiger partial charge is 0.328 e. The number of aromatic nitrogens is 2. The molecule has 0 aliphatic rings. The molecule has 0 fully saturated rings. The van der Waals surface area contributed by atoms with Crippen LogP contribution in [0.2, 0.25) is 5.02 Å². The van der Waals surface area contributed by atoms with Gasteiger partial charge in [0.25, 0.3) is 5.56 Å². The Labute approximate surface area is 155 Å². The van der Waals surface area contributed by atoms with E-state index in [2.05, 4.69) is 15.2 Å². The number of nitrogens with zero attached hydrogens (tertiary/aromatic N) is 2. The molecule has 1 heterocycles. The molecule has 0 radical (unpaired) electrons. The van der Waals surface area contributed by atoms with Crippen LogP contribution in [0.25, 0.3) is 11.3 Å². The molecule has 7 nitrogen and oxygen atoms in total. The van der Waals surface area contributed by atoms with Crippen LogP contribution >= 0.6 is 11.6 Å². The largest absolute Gasteiger partial charge is 0.467 e. The molecule has 1 N–H and O–H groups in total. The van der Waals surface area contributed by atoms with Crippen molar-refractivity contribution in [3.63, 3.8) is 0 Å². The fraction of sp³-hybridized carbons (Fsp3) is 0.333. The minimum atomic E-state index is -0.796. The average molecular weight is 378 g/mol. The lowest BCUT2D eigenvalue weighted by atomic mass is 10.0. The molecular weight excluding hydrogens is 358 g/mol. The molecule has 8 heteroatoms. The van der Waals surface area contributed by atoms with Crippen molar-refractivity contribution >= 4 is 23.5 Å². The first-order valence-electron chi connectivity index (χ1n) is 8.03. The predicted octanol–water partition coefficient (Wildman–Crippen LogP) is 1.88. The highest BCUT2D eigenvalue weighted by atomic mass is 35.5. The van der Waals surface area contributed by atoms with Gasteiger partial charge in [0.1, 0.15) is 12.6 Å². The number of rotatable bonds is 6. The lowest BCUT2D eigenvalue weighted by molar-refractivity contribution is -0.146. The van der Waals surface area contributed by atoms with Gasteiger partial charge in [-0.05, 0) is 18.1 Å². The van der Waals surface area contributed by atoms with E-state index in [-0.39, 0.29) is 12.5 Å². The van der Waals surface area contributed by atoms with E-state index in [9.17, 15) is 14.4 Å². The van der Waals surface area contributed by atoms with Gasteiger partial charge in [-0.25, -0.2) is 9.48 Å². The summed E-state index contributed by atoms with van der Waals surface area (Å²) in [5.74, 6) is -1.22. The minimum Gasteiger partial charge on any atom is -0.467 e. The van der Waals surface area contributed by atoms with Crippen LogP contribution in [0.15, 0.2) is 41.2 Å². The number of hydrogen-bond acceptors (Lipinski definition) is 5. The van der Waals surface area contributed by atoms with E-state index in [4.69, 9.17) is 11.6 Å². The van der Waals surface area contributed by atoms with Gasteiger partial charge in [-0.1, -0.05) is 43.6 Å². The Bertz CT molecular complexity index is 864. The predicted molar refractivity (Wildman–Crippen MR) is 97.7 cm³/mol. The van der Waals surface area contributed by atoms with Crippen molar-refractivity contribution in [2.45, 2.75) is 26.4 Å². The van der Waals surface area contributed by atoms with E-state index in [1.165, 1.54) is 13.2 Å². The highest BCUT2D eigenvalue weighted by Gasteiger charge is 2.25. The van der Waals surface area contributed by atoms with E-state index < -0.39 is 23.5 Å². The number of nitrogens with one attached hydrogen (secondary N) is 1. The maximum absolute atomic E-state index is 12.3. The van der Waals surface area contributed by atoms with Gasteiger partial charge < -0.3 is 10.1 Å². The van der Waals surface area contributed by atoms with Crippen molar-refractivity contribution in [1.82, 2.24) is 15.1 Å². The van der Waals surface area contributed by atoms with Crippen molar-refractivity contribution in [1.29, 1.82) is 0 Å². The second kappa shape index (κ2) is 8.62. The Morgan fingerprint density at radius 3 is 2.54 bits per heavy atom. The standard InChI is InChI=1S/C18H20ClN3O4/c1-11(2)17(18(25)26-3)20-15(23)10-22-16(24)9-8-14(21-22)12-6-4-5-7-13(12)19/h4-9,11,17H,10H2,1-3H3,(H,20,23). The molecule has 26 heavy (non-hydrogen) atoms. The topological polar surface area (TPSA) is 90.3 Å². The van der Waals surface area contributed by atoms with Crippen LogP contribution in [0.1, 0.15) is 13.8 Å². The third-order valence-electron chi connectivity index (χ3n) is 3.75. The molecular formula is C18H20ClN3O4. The average Bonchev–Trinajstić information content (AvgIpc) is 2.61. The van der Waals surface area contributed by atoms with E-state index >= 15 is 0 Å². The number of amides is 1. The Morgan fingerprint density at radius 2 is 1.92 bits per heavy atom. The number of carbonyl (C=O) groups excluding carboxylic acids is 2. The molecule has 1 aromatic carbocycles. The fourth-order valence-corrected chi connectivity index (χ4v) is 2.59. The summed E-state index contributed by atoms with van der Waals surface area (Å²) in [5.41, 5.74) is 0.685. The number of hydrogen-bond donors (Lipinski definition) is 1. The van der Waals surface area contributed by atoms with E-state index in [1.54, 1.807) is 44.2 Å². The Kier molecular flexibility index (Phi) is 6.52. The van der Waals surface area contributed by atoms with E-state index in [0.29, 0.717) is 16.3 Å². The van der Waals surface area contributed by atoms with Gasteiger partial charge in [0, 0.05) is 11.6 Å². The van der Waals surface area contributed by atoms with Crippen LogP contribution in [-0.2, 0) is 20.9 Å². The number of halogens is 1. The van der Waals surface area contributed by atoms with Crippen molar-refractivity contribution in [3.05, 3.63) is 51.8 Å². The molecule has 2 aromatic rings. The third-order valence-corrected chi connectivity index (χ3v) is 4.08. The Hall–Kier alpha value is -2.67. The first kappa shape index (κ1) is 19.7. The molecule has 2 rings (SSSR count). The highest BCUT2D eigenvalue weighted by molar-refractivity contribution is 6.33. The third kappa shape index (κ3) is 4.70. The molecule has 138 valence electrons. The second-order valence-corrected chi connectivity index (χ2v) is 6.41. The van der Waals surface area contributed by atoms with Crippen LogP contribution in [0, 0.1) is 5.92 Å². The molecule has 0 bridgehead atoms. The summed E-state index contributed by atoms with van der Waals surface area (Å²) in [5, 5.41) is 7.26. The van der Waals surface area contributed by atoms with Crippen LogP contribution in [0.3, 0.4) is 0 Å². The zero-order chi connectivity index (χ0) is 19.3. The zero-order valence-corrected chi connectivity index (χ0v) is 15.5. The Morgan fingerprint density at radius 1 is 1.23 bits per heavy atom. The quantitative estimate of drug-likeness (QED) is 0.776. The lowest BCUT2D eigenvalue weighted by Crippen LogP contribution is -2.47. The fourth-order valence-electron chi connectivity index (χ4n) is 2.35. The van der Waals surface area contributed by atoms with Crippen LogP contribution < -0.4 is 10.9 Å². The lowest BCUT2D eigenvalue weighted by Gasteiger charge is -2.19. The number of methoxy groups -OCH3 is 1. The van der Waals surface area contributed by atoms with Crippen molar-refractivity contribution in [2.75, 3.05) is 7.11 Å². The first-order chi connectivity index (χ1) is 12.3. The van der Waals surface area contributed by atoms with E-state index in [1.807, 2.05) is 0 Å². The summed E-state index contributed by atoms with van der Waals surface area (Å²) in [4.78, 5) is 36.0. The summed E-state index contributed by atoms with van der Waals surface area (Å²) < 4.78 is 5.72. The second-order valence-electron chi connectivity index (χ2n) is 6.01. The van der Waals surface area contributed by atoms with Gasteiger partial charge in [-0.2, -0.15) is 5.10 Å². The van der Waals surface area contributed by atoms with Gasteiger partial charge in [-0.3, -0.25) is 9.59 Å². The van der Waals surface area contributed by atoms with Gasteiger partial charge in [-0.15, -0.1) is 0 Å². The summed E-state index contributed by atoms with van der Waals surface area (Å²) in [7, 11) is 1.25. The summed E-state index contributed by atoms with van der Waals surface area (Å²) in [6, 6.07) is 9.14.